The number of fused-ring (bicyclic) bond motifs is 3. The zero-order chi connectivity index (χ0) is 68.5. The van der Waals surface area contributed by atoms with Gasteiger partial charge in [0.2, 0.25) is 62.4 Å². The van der Waals surface area contributed by atoms with Crippen molar-refractivity contribution in [3.05, 3.63) is 0 Å². The number of methoxy groups -OCH3 is 6. The standard InChI is InChI=1S/C39H65NO45S6.8Na/c1-8-38(36(42)43)29(79-31-16(40)20(64-2)17(41)13(74-31)9-71-86(46,47)48)23(66-4)25(68-6)34(81-38)78-19-15(11-73-88(52,53)54)76-33(28(85-91(61,62)63)22(19)83-89(55,56)57)80-30-24(67-5)26-35(82-39(30,12-70-26)37(44)45)77-18-14(10-72-87(49,50)51)75-32(69-7)27(21(18)65-3)84-90(58,59)60;;;;;;;;/h13-35,41H,8-12,40H2,1-7H3,(H,42,43)(H,44,45)(H,46,47,48)(H,49,50,51)(H,52,53,54)(H,55,56,57)(H,58,59,60)(H,61,62,63);;;;;;;;/q;8*+1/p-8/t13-,14-,15-,16-,17-,18-,19-,20-,21+,22+,23-,24-,25-,26-,27-,28-,29+,30+,31+,32+,33-,34-,35?,38+,39+;;;;;;;;/m1......../s1. The molecule has 0 amide bonds. The van der Waals surface area contributed by atoms with E-state index in [1.165, 1.54) is 0 Å². The van der Waals surface area contributed by atoms with Gasteiger partial charge < -0.3 is 134 Å². The Morgan fingerprint density at radius 1 is 0.434 bits per heavy atom. The molecule has 60 heteroatoms. The zero-order valence-corrected chi connectivity index (χ0v) is 76.2. The van der Waals surface area contributed by atoms with Crippen LogP contribution >= 0.6 is 0 Å². The molecule has 99 heavy (non-hydrogen) atoms. The number of hydrogen-bond acceptors (Lipinski definition) is 46. The quantitative estimate of drug-likeness (QED) is 0.0359. The van der Waals surface area contributed by atoms with Gasteiger partial charge in [-0.2, -0.15) is 0 Å². The van der Waals surface area contributed by atoms with E-state index in [1.54, 1.807) is 0 Å². The summed E-state index contributed by atoms with van der Waals surface area (Å²) in [5.41, 5.74) is -0.177. The number of rotatable bonds is 32. The molecule has 1 unspecified atom stereocenters. The van der Waals surface area contributed by atoms with Crippen molar-refractivity contribution in [2.24, 2.45) is 5.73 Å². The van der Waals surface area contributed by atoms with Crippen LogP contribution in [0.15, 0.2) is 0 Å². The third-order valence-corrected chi connectivity index (χ3v) is 17.2. The zero-order valence-electron chi connectivity index (χ0n) is 55.3. The van der Waals surface area contributed by atoms with Crippen molar-refractivity contribution in [2.75, 3.05) is 69.1 Å². The smallest absolute Gasteiger partial charge is 0.726 e. The van der Waals surface area contributed by atoms with Crippen molar-refractivity contribution >= 4 is 74.3 Å². The predicted octanol–water partition coefficient (Wildman–Crippen LogP) is -36.4. The first-order chi connectivity index (χ1) is 41.9. The van der Waals surface area contributed by atoms with E-state index in [2.05, 4.69) is 25.1 Å². The minimum absolute atomic E-state index is 0. The fraction of sp³-hybridized carbons (Fsp3) is 0.949. The average molecular weight is 1640 g/mol. The molecular weight excluding hydrogens is 1580 g/mol. The first-order valence-corrected chi connectivity index (χ1v) is 33.3. The number of aliphatic carboxylic acids is 2. The molecule has 0 aromatic heterocycles. The van der Waals surface area contributed by atoms with E-state index >= 15 is 0 Å². The van der Waals surface area contributed by atoms with Gasteiger partial charge in [-0.1, -0.05) is 6.92 Å². The van der Waals surface area contributed by atoms with Crippen LogP contribution in [-0.4, -0.2) is 316 Å². The molecule has 0 aliphatic carbocycles. The van der Waals surface area contributed by atoms with E-state index < -0.39 is 260 Å². The van der Waals surface area contributed by atoms with E-state index in [1.807, 2.05) is 0 Å². The average Bonchev–Trinajstić information content (AvgIpc) is 0.728. The van der Waals surface area contributed by atoms with Gasteiger partial charge in [0.15, 0.2) is 49.3 Å². The normalized spacial score (nSPS) is 37.1. The van der Waals surface area contributed by atoms with Crippen LogP contribution in [0.1, 0.15) is 13.3 Å². The predicted molar refractivity (Wildman–Crippen MR) is 256 cm³/mol. The Morgan fingerprint density at radius 2 is 0.828 bits per heavy atom. The molecule has 0 aromatic rings. The summed E-state index contributed by atoms with van der Waals surface area (Å²) in [6.07, 6.45) is -52.1. The number of carboxylic acid groups (broad SMARTS) is 2. The molecule has 7 heterocycles. The molecule has 0 radical (unpaired) electrons. The molecular formula is C39H57NNa8O45S6. The maximum absolute atomic E-state index is 13.5. The minimum atomic E-state index is -6.47. The van der Waals surface area contributed by atoms with Crippen LogP contribution < -0.4 is 252 Å². The summed E-state index contributed by atoms with van der Waals surface area (Å²) in [6.45, 7) is -4.68. The van der Waals surface area contributed by atoms with Crippen molar-refractivity contribution in [2.45, 2.75) is 166 Å². The third-order valence-electron chi connectivity index (χ3n) is 14.5. The fourth-order valence-electron chi connectivity index (χ4n) is 10.7. The second-order valence-electron chi connectivity index (χ2n) is 19.7. The Balaban J connectivity index is -0.0000115. The van der Waals surface area contributed by atoms with Crippen molar-refractivity contribution in [1.29, 1.82) is 0 Å². The van der Waals surface area contributed by atoms with Crippen LogP contribution in [0.25, 0.3) is 0 Å². The number of hydrogen-bond donors (Lipinski definition) is 2. The molecule has 0 spiro atoms. The van der Waals surface area contributed by atoms with E-state index in [0.29, 0.717) is 0 Å². The number of aliphatic hydroxyl groups excluding tert-OH is 1. The van der Waals surface area contributed by atoms with E-state index in [4.69, 9.17) is 81.5 Å². The van der Waals surface area contributed by atoms with Crippen molar-refractivity contribution in [1.82, 2.24) is 0 Å². The Labute approximate surface area is 743 Å². The molecule has 7 aliphatic heterocycles. The Morgan fingerprint density at radius 3 is 1.23 bits per heavy atom. The summed E-state index contributed by atoms with van der Waals surface area (Å²) in [4.78, 5) is 27.0. The first-order valence-electron chi connectivity index (χ1n) is 25.3. The third kappa shape index (κ3) is 28.4. The van der Waals surface area contributed by atoms with Crippen LogP contribution in [0.3, 0.4) is 0 Å². The molecule has 46 nitrogen and oxygen atoms in total. The summed E-state index contributed by atoms with van der Waals surface area (Å²) < 4.78 is 334. The van der Waals surface area contributed by atoms with Gasteiger partial charge in [0.25, 0.3) is 0 Å². The Bertz CT molecular complexity index is 3240. The molecule has 2 bridgehead atoms. The van der Waals surface area contributed by atoms with Crippen molar-refractivity contribution in [3.8, 4) is 0 Å². The number of nitrogens with two attached hydrogens (primary N) is 1. The monoisotopic (exact) mass is 1630 g/mol. The van der Waals surface area contributed by atoms with Crippen LogP contribution in [0.2, 0.25) is 0 Å². The summed E-state index contributed by atoms with van der Waals surface area (Å²) in [5.74, 6) is -4.74. The van der Waals surface area contributed by atoms with Gasteiger partial charge in [0, 0.05) is 42.7 Å². The largest absolute Gasteiger partial charge is 1.00 e. The van der Waals surface area contributed by atoms with Gasteiger partial charge in [-0.3, -0.25) is 25.1 Å². The van der Waals surface area contributed by atoms with Gasteiger partial charge in [0.1, 0.15) is 97.2 Å². The summed E-state index contributed by atoms with van der Waals surface area (Å²) in [7, 11) is -30.7. The number of carbonyl (C=O) groups is 2. The van der Waals surface area contributed by atoms with Gasteiger partial charge in [-0.15, -0.1) is 0 Å². The fourth-order valence-corrected chi connectivity index (χ4v) is 13.1. The number of carboxylic acids is 2. The first kappa shape index (κ1) is 109. The van der Waals surface area contributed by atoms with Gasteiger partial charge >= 0.3 is 236 Å². The number of carbonyl (C=O) groups excluding carboxylic acids is 2. The van der Waals surface area contributed by atoms with E-state index in [9.17, 15) is 103 Å². The molecule has 25 atom stereocenters. The topological polar surface area (TPSA) is 673 Å². The molecule has 7 fully saturated rings. The van der Waals surface area contributed by atoms with Crippen LogP contribution in [0, 0.1) is 0 Å². The molecule has 0 aromatic carbocycles. The summed E-state index contributed by atoms with van der Waals surface area (Å²) >= 11 is 0. The Kier molecular flexibility index (Phi) is 49.3. The van der Waals surface area contributed by atoms with E-state index in [0.717, 1.165) is 49.6 Å². The molecule has 532 valence electrons. The molecule has 7 saturated heterocycles. The number of ether oxygens (including phenoxy) is 16. The Hall–Kier alpha value is 5.44. The number of aliphatic hydroxyl groups is 1. The summed E-state index contributed by atoms with van der Waals surface area (Å²) in [5, 5.41) is 37.9. The van der Waals surface area contributed by atoms with Crippen molar-refractivity contribution in [3.63, 3.8) is 0 Å². The van der Waals surface area contributed by atoms with Crippen LogP contribution in [0.4, 0.5) is 0 Å². The molecule has 7 aliphatic rings. The molecule has 7 rings (SSSR count). The SMILES string of the molecule is CC[C@]1(C(=O)[O-])O[C@@H](O[C@H]2[C@H](OS(=O)(=O)[O-])[C@@H](OS(=O)(=O)[O-])[C@@H](O[C@H]3[C@H](OC)[C@H]4OC[C@]3(C(=O)[O-])OC4O[C@H]3[C@H](OC)[C@@H](OS(=O)(=O)[O-])[C@@H](OC)O[C@@H]3COS(=O)(=O)[O-])O[C@@H]2COS(=O)(=O)[O-])[C@H](OC)[C@@H](OC)[C@@H]1O[C@@H]1O[C@H](COS(=O)(=O)[O-])[C@@H](O)[C@H](OC)[C@H]1N.[Na+].[Na+].[Na+].[Na+].[Na+].[Na+].[Na+].[Na+]. The van der Waals surface area contributed by atoms with Gasteiger partial charge in [-0.25, -0.2) is 50.5 Å². The van der Waals surface area contributed by atoms with Gasteiger partial charge in [-0.05, 0) is 6.42 Å². The minimum Gasteiger partial charge on any atom is -0.726 e. The van der Waals surface area contributed by atoms with Gasteiger partial charge in [0.05, 0.1) is 44.4 Å². The maximum atomic E-state index is 13.5. The van der Waals surface area contributed by atoms with Crippen molar-refractivity contribution < 1.29 is 440 Å². The molecule has 0 saturated carbocycles. The van der Waals surface area contributed by atoms with Crippen LogP contribution in [-0.2, 0) is 173 Å². The van der Waals surface area contributed by atoms with E-state index in [-0.39, 0.29) is 236 Å². The second kappa shape index (κ2) is 44.9. The van der Waals surface area contributed by atoms with Crippen LogP contribution in [0.5, 0.6) is 0 Å². The second-order valence-corrected chi connectivity index (χ2v) is 25.9. The molecule has 3 N–H and O–H groups in total. The summed E-state index contributed by atoms with van der Waals surface area (Å²) in [6, 6.07) is -1.69. The maximum Gasteiger partial charge on any atom is 1.00 e.